The van der Waals surface area contributed by atoms with E-state index in [9.17, 15) is 0 Å². The maximum Gasteiger partial charge on any atom is 0.166 e. The Labute approximate surface area is 471 Å². The zero-order chi connectivity index (χ0) is 53.8. The minimum Gasteiger partial charge on any atom is -0.309 e. The quantitative estimate of drug-likeness (QED) is 0.152. The summed E-state index contributed by atoms with van der Waals surface area (Å²) in [6.45, 7) is 0. The molecule has 0 bridgehead atoms. The molecule has 17 rings (SSSR count). The van der Waals surface area contributed by atoms with Crippen LogP contribution in [0.15, 0.2) is 285 Å². The van der Waals surface area contributed by atoms with Crippen molar-refractivity contribution in [2.24, 2.45) is 0 Å². The molecule has 0 unspecified atom stereocenters. The lowest BCUT2D eigenvalue weighted by atomic mass is 9.95. The molecule has 0 N–H and O–H groups in total. The van der Waals surface area contributed by atoms with Gasteiger partial charge in [-0.1, -0.05) is 200 Å². The zero-order valence-electron chi connectivity index (χ0n) is 44.3. The number of rotatable bonds is 8. The summed E-state index contributed by atoms with van der Waals surface area (Å²) < 4.78 is 9.68. The van der Waals surface area contributed by atoms with Crippen LogP contribution in [0.25, 0.3) is 155 Å². The Balaban J connectivity index is 0.938. The van der Waals surface area contributed by atoms with Gasteiger partial charge in [-0.15, -0.1) is 0 Å². The van der Waals surface area contributed by atoms with E-state index in [4.69, 9.17) is 15.0 Å². The average molecular weight is 1050 g/mol. The molecule has 0 fully saturated rings. The van der Waals surface area contributed by atoms with Crippen LogP contribution >= 0.6 is 0 Å². The number of nitrogens with zero attached hydrogens (tertiary/aromatic N) is 7. The molecule has 5 aromatic heterocycles. The molecule has 0 aliphatic rings. The topological polar surface area (TPSA) is 58.4 Å². The molecule has 0 aliphatic carbocycles. The number of hydrogen-bond donors (Lipinski definition) is 0. The van der Waals surface area contributed by atoms with E-state index in [0.29, 0.717) is 17.5 Å². The normalized spacial score (nSPS) is 11.9. The van der Waals surface area contributed by atoms with E-state index in [1.807, 2.05) is 36.4 Å². The summed E-state index contributed by atoms with van der Waals surface area (Å²) >= 11 is 0. The minimum absolute atomic E-state index is 0.569. The van der Waals surface area contributed by atoms with Crippen molar-refractivity contribution < 1.29 is 0 Å². The first-order chi connectivity index (χ1) is 40.7. The highest BCUT2D eigenvalue weighted by molar-refractivity contribution is 6.15. The van der Waals surface area contributed by atoms with Gasteiger partial charge in [0, 0.05) is 71.2 Å². The highest BCUT2D eigenvalue weighted by Gasteiger charge is 2.26. The molecule has 0 spiro atoms. The lowest BCUT2D eigenvalue weighted by Crippen LogP contribution is -2.06. The van der Waals surface area contributed by atoms with Crippen LogP contribution in [0.5, 0.6) is 0 Å². The van der Waals surface area contributed by atoms with Gasteiger partial charge >= 0.3 is 0 Å². The first-order valence-corrected chi connectivity index (χ1v) is 27.9. The van der Waals surface area contributed by atoms with Crippen molar-refractivity contribution in [1.82, 2.24) is 33.2 Å². The second kappa shape index (κ2) is 18.2. The molecule has 0 aliphatic heterocycles. The first-order valence-electron chi connectivity index (χ1n) is 27.9. The maximum absolute atomic E-state index is 5.54. The predicted molar refractivity (Wildman–Crippen MR) is 339 cm³/mol. The van der Waals surface area contributed by atoms with Gasteiger partial charge in [0.1, 0.15) is 0 Å². The third-order valence-electron chi connectivity index (χ3n) is 16.6. The van der Waals surface area contributed by atoms with Gasteiger partial charge in [-0.3, -0.25) is 0 Å². The van der Waals surface area contributed by atoms with Crippen molar-refractivity contribution in [3.8, 4) is 68.0 Å². The van der Waals surface area contributed by atoms with Crippen molar-refractivity contribution in [2.75, 3.05) is 0 Å². The summed E-state index contributed by atoms with van der Waals surface area (Å²) in [5, 5.41) is 9.57. The Morgan fingerprint density at radius 2 is 0.524 bits per heavy atom. The summed E-state index contributed by atoms with van der Waals surface area (Å²) in [6.07, 6.45) is 0. The molecule has 7 heteroatoms. The molecule has 0 radical (unpaired) electrons. The van der Waals surface area contributed by atoms with Crippen LogP contribution in [-0.4, -0.2) is 33.2 Å². The number of benzene rings is 12. The Hall–Kier alpha value is -11.2. The molecular formula is C75H47N7. The van der Waals surface area contributed by atoms with Crippen molar-refractivity contribution in [3.63, 3.8) is 0 Å². The monoisotopic (exact) mass is 1050 g/mol. The van der Waals surface area contributed by atoms with E-state index in [-0.39, 0.29) is 0 Å². The van der Waals surface area contributed by atoms with Crippen LogP contribution in [0.4, 0.5) is 0 Å². The van der Waals surface area contributed by atoms with E-state index in [0.717, 1.165) is 83.4 Å². The SMILES string of the molecule is c1ccc(-c2nc(-c3ccccc3)nc(-c3c(-c4ccccc4-n4c5ccccc5c5cc(-n6c7ccccc7c7ccccc76)ccc54)cccc3-n3c4ccccc4c4cc(-n5c6ccccc6c6ccccc65)ccc43)n2)cc1. The fourth-order valence-corrected chi connectivity index (χ4v) is 13.1. The molecule has 0 saturated heterocycles. The molecule has 7 nitrogen and oxygen atoms in total. The smallest absolute Gasteiger partial charge is 0.166 e. The second-order valence-electron chi connectivity index (χ2n) is 21.1. The lowest BCUT2D eigenvalue weighted by Gasteiger charge is -2.21. The van der Waals surface area contributed by atoms with Crippen molar-refractivity contribution in [3.05, 3.63) is 285 Å². The van der Waals surface area contributed by atoms with Gasteiger partial charge < -0.3 is 18.3 Å². The highest BCUT2D eigenvalue weighted by Crippen LogP contribution is 2.46. The van der Waals surface area contributed by atoms with E-state index in [1.165, 1.54) is 54.4 Å². The fraction of sp³-hybridized carbons (Fsp3) is 0. The molecule has 0 saturated carbocycles. The van der Waals surface area contributed by atoms with Crippen LogP contribution in [0.3, 0.4) is 0 Å². The number of hydrogen-bond acceptors (Lipinski definition) is 3. The third kappa shape index (κ3) is 6.93. The fourth-order valence-electron chi connectivity index (χ4n) is 13.1. The van der Waals surface area contributed by atoms with E-state index < -0.39 is 0 Å². The first kappa shape index (κ1) is 45.8. The summed E-state index contributed by atoms with van der Waals surface area (Å²) in [7, 11) is 0. The van der Waals surface area contributed by atoms with Gasteiger partial charge in [0.05, 0.1) is 61.1 Å². The van der Waals surface area contributed by atoms with Gasteiger partial charge in [-0.2, -0.15) is 0 Å². The number of aromatic nitrogens is 7. The van der Waals surface area contributed by atoms with Gasteiger partial charge in [-0.05, 0) is 90.5 Å². The zero-order valence-corrected chi connectivity index (χ0v) is 44.3. The summed E-state index contributed by atoms with van der Waals surface area (Å²) in [5.41, 5.74) is 18.0. The van der Waals surface area contributed by atoms with Crippen molar-refractivity contribution in [1.29, 1.82) is 0 Å². The van der Waals surface area contributed by atoms with Crippen LogP contribution in [0.1, 0.15) is 0 Å². The van der Waals surface area contributed by atoms with Gasteiger partial charge in [0.25, 0.3) is 0 Å². The molecule has 5 heterocycles. The van der Waals surface area contributed by atoms with E-state index in [1.54, 1.807) is 0 Å². The largest absolute Gasteiger partial charge is 0.309 e. The predicted octanol–water partition coefficient (Wildman–Crippen LogP) is 18.9. The highest BCUT2D eigenvalue weighted by atomic mass is 15.1. The van der Waals surface area contributed by atoms with Gasteiger partial charge in [0.2, 0.25) is 0 Å². The van der Waals surface area contributed by atoms with Crippen molar-refractivity contribution >= 4 is 87.2 Å². The van der Waals surface area contributed by atoms with E-state index >= 15 is 0 Å². The third-order valence-corrected chi connectivity index (χ3v) is 16.6. The van der Waals surface area contributed by atoms with E-state index in [2.05, 4.69) is 267 Å². The lowest BCUT2D eigenvalue weighted by molar-refractivity contribution is 1.06. The average Bonchev–Trinajstić information content (AvgIpc) is 2.51. The molecule has 382 valence electrons. The summed E-state index contributed by atoms with van der Waals surface area (Å²) in [4.78, 5) is 16.3. The van der Waals surface area contributed by atoms with Crippen LogP contribution in [0, 0.1) is 0 Å². The Morgan fingerprint density at radius 1 is 0.207 bits per heavy atom. The second-order valence-corrected chi connectivity index (χ2v) is 21.1. The van der Waals surface area contributed by atoms with Crippen LogP contribution in [0.2, 0.25) is 0 Å². The maximum atomic E-state index is 5.54. The van der Waals surface area contributed by atoms with Crippen LogP contribution < -0.4 is 0 Å². The van der Waals surface area contributed by atoms with Crippen molar-refractivity contribution in [2.45, 2.75) is 0 Å². The number of fused-ring (bicyclic) bond motifs is 12. The minimum atomic E-state index is 0.569. The van der Waals surface area contributed by atoms with Gasteiger partial charge in [-0.25, -0.2) is 15.0 Å². The standard InChI is InChI=1S/C75H47N7/c1-3-22-48(23-4-1)73-76-74(49-24-5-2-6-25-49)78-75(77-73)72-59(33-21-41-71(72)82-68-40-20-13-32-58(68)61-47-51(43-45-70(61)82)80-64-36-16-9-28-54(64)55-29-10-17-37-65(55)80)56-30-11-18-38-66(56)81-67-39-19-12-31-57(67)60-46-50(42-44-69(60)81)79-62-34-14-7-26-52(62)53-27-8-15-35-63(53)79/h1-47H. The summed E-state index contributed by atoms with van der Waals surface area (Å²) in [5.74, 6) is 1.76. The van der Waals surface area contributed by atoms with Gasteiger partial charge in [0.15, 0.2) is 17.5 Å². The Kier molecular flexibility index (Phi) is 10.2. The Morgan fingerprint density at radius 3 is 0.976 bits per heavy atom. The number of para-hydroxylation sites is 7. The van der Waals surface area contributed by atoms with Crippen LogP contribution in [-0.2, 0) is 0 Å². The summed E-state index contributed by atoms with van der Waals surface area (Å²) in [6, 6.07) is 102. The molecule has 12 aromatic carbocycles. The molecule has 17 aromatic rings. The molecule has 82 heavy (non-hydrogen) atoms. The Bertz CT molecular complexity index is 5250. The molecule has 0 atom stereocenters. The molecular weight excluding hydrogens is 999 g/mol. The molecule has 0 amide bonds.